The summed E-state index contributed by atoms with van der Waals surface area (Å²) in [6.45, 7) is 0. The van der Waals surface area contributed by atoms with E-state index in [1.807, 2.05) is 0 Å². The van der Waals surface area contributed by atoms with E-state index in [-0.39, 0.29) is 11.5 Å². The lowest BCUT2D eigenvalue weighted by atomic mass is 10.1. The van der Waals surface area contributed by atoms with Crippen LogP contribution in [0.5, 0.6) is 0 Å². The Morgan fingerprint density at radius 2 is 2.46 bits per heavy atom. The molecule has 1 aromatic heterocycles. The zero-order chi connectivity index (χ0) is 9.68. The van der Waals surface area contributed by atoms with Crippen LogP contribution in [0, 0.1) is 18.2 Å². The van der Waals surface area contributed by atoms with Crippen molar-refractivity contribution in [2.45, 2.75) is 18.9 Å². The van der Waals surface area contributed by atoms with Crippen LogP contribution in [0.15, 0.2) is 18.3 Å². The van der Waals surface area contributed by atoms with E-state index in [4.69, 9.17) is 12.2 Å². The maximum absolute atomic E-state index is 13.1. The lowest BCUT2D eigenvalue weighted by molar-refractivity contribution is 0.551. The van der Waals surface area contributed by atoms with Crippen LogP contribution in [0.4, 0.5) is 4.39 Å². The number of hydrogen-bond acceptors (Lipinski definition) is 2. The normalized spacial score (nSPS) is 12.1. The van der Waals surface area contributed by atoms with Crippen molar-refractivity contribution in [3.63, 3.8) is 0 Å². The van der Waals surface area contributed by atoms with Crippen LogP contribution < -0.4 is 5.73 Å². The topological polar surface area (TPSA) is 38.9 Å². The number of pyridine rings is 1. The summed E-state index contributed by atoms with van der Waals surface area (Å²) < 4.78 is 13.1. The second kappa shape index (κ2) is 4.58. The van der Waals surface area contributed by atoms with Crippen LogP contribution >= 0.6 is 0 Å². The zero-order valence-corrected chi connectivity index (χ0v) is 7.20. The summed E-state index contributed by atoms with van der Waals surface area (Å²) in [4.78, 5) is 3.86. The number of nitrogens with zero attached hydrogens (tertiary/aromatic N) is 1. The number of aromatic nitrogens is 1. The lowest BCUT2D eigenvalue weighted by Crippen LogP contribution is -2.13. The minimum atomic E-state index is -0.405. The molecule has 13 heavy (non-hydrogen) atoms. The van der Waals surface area contributed by atoms with Crippen molar-refractivity contribution in [1.82, 2.24) is 4.98 Å². The van der Waals surface area contributed by atoms with Gasteiger partial charge in [-0.3, -0.25) is 4.98 Å². The van der Waals surface area contributed by atoms with Gasteiger partial charge in [-0.1, -0.05) is 0 Å². The Hall–Kier alpha value is -1.40. The van der Waals surface area contributed by atoms with Gasteiger partial charge in [0, 0.05) is 12.6 Å². The molecule has 0 aliphatic heterocycles. The fourth-order valence-electron chi connectivity index (χ4n) is 1.05. The average Bonchev–Trinajstić information content (AvgIpc) is 2.15. The molecule has 0 aromatic carbocycles. The van der Waals surface area contributed by atoms with Gasteiger partial charge in [0.1, 0.15) is 5.82 Å². The van der Waals surface area contributed by atoms with E-state index in [1.54, 1.807) is 0 Å². The van der Waals surface area contributed by atoms with E-state index in [0.29, 0.717) is 12.8 Å². The molecule has 1 atom stereocenters. The molecule has 2 nitrogen and oxygen atoms in total. The van der Waals surface area contributed by atoms with Crippen LogP contribution in [-0.2, 0) is 0 Å². The van der Waals surface area contributed by atoms with Crippen molar-refractivity contribution in [3.05, 3.63) is 29.8 Å². The first-order valence-corrected chi connectivity index (χ1v) is 4.05. The van der Waals surface area contributed by atoms with Gasteiger partial charge in [-0.2, -0.15) is 0 Å². The maximum Gasteiger partial charge on any atom is 0.146 e. The van der Waals surface area contributed by atoms with Gasteiger partial charge in [0.05, 0.1) is 11.7 Å². The summed E-state index contributed by atoms with van der Waals surface area (Å²) in [6, 6.07) is 2.47. The van der Waals surface area contributed by atoms with E-state index >= 15 is 0 Å². The predicted octanol–water partition coefficient (Wildman–Crippen LogP) is 1.63. The second-order valence-electron chi connectivity index (χ2n) is 2.72. The standard InChI is InChI=1S/C10H11FN2/c1-2-3-6-9(12)10-8(11)5-4-7-13-10/h1,4-5,7,9H,3,6,12H2. The van der Waals surface area contributed by atoms with Crippen LogP contribution in [-0.4, -0.2) is 4.98 Å². The van der Waals surface area contributed by atoms with Crippen molar-refractivity contribution >= 4 is 0 Å². The van der Waals surface area contributed by atoms with E-state index in [9.17, 15) is 4.39 Å². The summed E-state index contributed by atoms with van der Waals surface area (Å²) in [5.74, 6) is 2.09. The van der Waals surface area contributed by atoms with Crippen molar-refractivity contribution in [2.75, 3.05) is 0 Å². The van der Waals surface area contributed by atoms with E-state index in [1.165, 1.54) is 18.3 Å². The van der Waals surface area contributed by atoms with Gasteiger partial charge in [0.2, 0.25) is 0 Å². The molecule has 3 heteroatoms. The molecule has 0 aliphatic rings. The van der Waals surface area contributed by atoms with Gasteiger partial charge in [-0.05, 0) is 18.6 Å². The summed E-state index contributed by atoms with van der Waals surface area (Å²) >= 11 is 0. The molecule has 1 rings (SSSR count). The highest BCUT2D eigenvalue weighted by Gasteiger charge is 2.10. The number of halogens is 1. The third kappa shape index (κ3) is 2.53. The van der Waals surface area contributed by atoms with Crippen molar-refractivity contribution < 1.29 is 4.39 Å². The average molecular weight is 178 g/mol. The van der Waals surface area contributed by atoms with Gasteiger partial charge in [0.15, 0.2) is 0 Å². The second-order valence-corrected chi connectivity index (χ2v) is 2.72. The molecule has 0 saturated carbocycles. The molecule has 1 heterocycles. The Labute approximate surface area is 77.0 Å². The molecule has 68 valence electrons. The van der Waals surface area contributed by atoms with Gasteiger partial charge in [-0.15, -0.1) is 12.3 Å². The van der Waals surface area contributed by atoms with Crippen LogP contribution in [0.1, 0.15) is 24.6 Å². The van der Waals surface area contributed by atoms with Gasteiger partial charge in [0.25, 0.3) is 0 Å². The van der Waals surface area contributed by atoms with Crippen LogP contribution in [0.3, 0.4) is 0 Å². The molecule has 0 radical (unpaired) electrons. The highest BCUT2D eigenvalue weighted by Crippen LogP contribution is 2.15. The first-order chi connectivity index (χ1) is 6.25. The molecule has 0 amide bonds. The maximum atomic E-state index is 13.1. The molecular formula is C10H11FN2. The summed E-state index contributed by atoms with van der Waals surface area (Å²) in [5.41, 5.74) is 5.97. The number of hydrogen-bond donors (Lipinski definition) is 1. The first kappa shape index (κ1) is 9.69. The van der Waals surface area contributed by atoms with Crippen LogP contribution in [0.2, 0.25) is 0 Å². The molecule has 1 unspecified atom stereocenters. The number of terminal acetylenes is 1. The third-order valence-electron chi connectivity index (χ3n) is 1.74. The third-order valence-corrected chi connectivity index (χ3v) is 1.74. The summed E-state index contributed by atoms with van der Waals surface area (Å²) in [7, 11) is 0. The van der Waals surface area contributed by atoms with E-state index in [2.05, 4.69) is 10.9 Å². The number of nitrogens with two attached hydrogens (primary N) is 1. The van der Waals surface area contributed by atoms with Crippen LogP contribution in [0.25, 0.3) is 0 Å². The minimum absolute atomic E-state index is 0.290. The van der Waals surface area contributed by atoms with Crippen molar-refractivity contribution in [3.8, 4) is 12.3 Å². The fourth-order valence-corrected chi connectivity index (χ4v) is 1.05. The fraction of sp³-hybridized carbons (Fsp3) is 0.300. The molecule has 0 saturated heterocycles. The molecular weight excluding hydrogens is 167 g/mol. The minimum Gasteiger partial charge on any atom is -0.323 e. The highest BCUT2D eigenvalue weighted by atomic mass is 19.1. The molecule has 0 fully saturated rings. The highest BCUT2D eigenvalue weighted by molar-refractivity contribution is 5.11. The zero-order valence-electron chi connectivity index (χ0n) is 7.20. The molecule has 0 bridgehead atoms. The van der Waals surface area contributed by atoms with Gasteiger partial charge in [-0.25, -0.2) is 4.39 Å². The first-order valence-electron chi connectivity index (χ1n) is 4.05. The monoisotopic (exact) mass is 178 g/mol. The Morgan fingerprint density at radius 1 is 1.69 bits per heavy atom. The molecule has 1 aromatic rings. The lowest BCUT2D eigenvalue weighted by Gasteiger charge is -2.09. The van der Waals surface area contributed by atoms with Crippen molar-refractivity contribution in [1.29, 1.82) is 0 Å². The van der Waals surface area contributed by atoms with Gasteiger partial charge >= 0.3 is 0 Å². The Bertz CT molecular complexity index is 317. The SMILES string of the molecule is C#CCCC(N)c1ncccc1F. The summed E-state index contributed by atoms with van der Waals surface area (Å²) in [5, 5.41) is 0. The Morgan fingerprint density at radius 3 is 3.08 bits per heavy atom. The quantitative estimate of drug-likeness (QED) is 0.714. The molecule has 2 N–H and O–H groups in total. The van der Waals surface area contributed by atoms with Gasteiger partial charge < -0.3 is 5.73 Å². The van der Waals surface area contributed by atoms with Crippen molar-refractivity contribution in [2.24, 2.45) is 5.73 Å². The number of rotatable bonds is 3. The smallest absolute Gasteiger partial charge is 0.146 e. The predicted molar refractivity (Wildman–Crippen MR) is 49.2 cm³/mol. The Kier molecular flexibility index (Phi) is 3.41. The Balaban J connectivity index is 2.72. The van der Waals surface area contributed by atoms with E-state index < -0.39 is 6.04 Å². The summed E-state index contributed by atoms with van der Waals surface area (Å²) in [6.07, 6.45) is 7.69. The molecule has 0 spiro atoms. The molecule has 0 aliphatic carbocycles. The van der Waals surface area contributed by atoms with E-state index in [0.717, 1.165) is 0 Å². The largest absolute Gasteiger partial charge is 0.323 e.